The lowest BCUT2D eigenvalue weighted by Gasteiger charge is -2.31. The van der Waals surface area contributed by atoms with Crippen molar-refractivity contribution < 1.29 is 9.32 Å². The van der Waals surface area contributed by atoms with E-state index in [0.29, 0.717) is 11.7 Å². The fraction of sp³-hybridized carbons (Fsp3) is 0.562. The Morgan fingerprint density at radius 3 is 3.09 bits per heavy atom. The van der Waals surface area contributed by atoms with E-state index in [-0.39, 0.29) is 5.91 Å². The summed E-state index contributed by atoms with van der Waals surface area (Å²) in [6, 6.07) is 1.99. The maximum atomic E-state index is 12.8. The molecule has 2 aromatic heterocycles. The largest absolute Gasteiger partial charge is 0.350 e. The summed E-state index contributed by atoms with van der Waals surface area (Å²) in [6.45, 7) is 1.51. The van der Waals surface area contributed by atoms with Crippen molar-refractivity contribution >= 4 is 5.91 Å². The van der Waals surface area contributed by atoms with Gasteiger partial charge in [-0.15, -0.1) is 0 Å². The molecular formula is C16H20N4O2. The van der Waals surface area contributed by atoms with Crippen molar-refractivity contribution in [1.29, 1.82) is 0 Å². The average Bonchev–Trinajstić information content (AvgIpc) is 3.24. The molecule has 6 heteroatoms. The molecule has 1 amide bonds. The summed E-state index contributed by atoms with van der Waals surface area (Å²) in [5.41, 5.74) is 3.13. The molecule has 1 aliphatic heterocycles. The Morgan fingerprint density at radius 2 is 2.23 bits per heavy atom. The molecule has 4 rings (SSSR count). The number of hydrogen-bond donors (Lipinski definition) is 1. The molecule has 2 aliphatic rings. The van der Waals surface area contributed by atoms with Gasteiger partial charge in [0, 0.05) is 36.5 Å². The SMILES string of the molecule is O=C(c1onc2c1CCCC2)N1CCCC(c2ccn[nH]2)C1. The number of carbonyl (C=O) groups is 1. The van der Waals surface area contributed by atoms with E-state index in [9.17, 15) is 4.79 Å². The molecule has 1 N–H and O–H groups in total. The number of fused-ring (bicyclic) bond motifs is 1. The second-order valence-electron chi connectivity index (χ2n) is 6.25. The molecule has 3 heterocycles. The zero-order chi connectivity index (χ0) is 14.9. The Balaban J connectivity index is 1.54. The topological polar surface area (TPSA) is 75.0 Å². The highest BCUT2D eigenvalue weighted by atomic mass is 16.5. The molecule has 1 saturated heterocycles. The lowest BCUT2D eigenvalue weighted by molar-refractivity contribution is 0.0662. The van der Waals surface area contributed by atoms with E-state index in [4.69, 9.17) is 4.52 Å². The van der Waals surface area contributed by atoms with E-state index in [2.05, 4.69) is 15.4 Å². The zero-order valence-corrected chi connectivity index (χ0v) is 12.5. The van der Waals surface area contributed by atoms with E-state index in [1.165, 1.54) is 0 Å². The average molecular weight is 300 g/mol. The number of nitrogens with zero attached hydrogens (tertiary/aromatic N) is 3. The minimum absolute atomic E-state index is 0.000125. The summed E-state index contributed by atoms with van der Waals surface area (Å²) < 4.78 is 5.40. The third kappa shape index (κ3) is 2.32. The molecule has 1 aliphatic carbocycles. The monoisotopic (exact) mass is 300 g/mol. The van der Waals surface area contributed by atoms with E-state index < -0.39 is 0 Å². The van der Waals surface area contributed by atoms with Crippen LogP contribution in [0.2, 0.25) is 0 Å². The third-order valence-electron chi connectivity index (χ3n) is 4.82. The number of piperidine rings is 1. The highest BCUT2D eigenvalue weighted by molar-refractivity contribution is 5.93. The van der Waals surface area contributed by atoms with Crippen LogP contribution in [-0.2, 0) is 12.8 Å². The number of amides is 1. The van der Waals surface area contributed by atoms with Crippen LogP contribution in [0.4, 0.5) is 0 Å². The number of rotatable bonds is 2. The first-order chi connectivity index (χ1) is 10.8. The Kier molecular flexibility index (Phi) is 3.44. The number of aryl methyl sites for hydroxylation is 1. The summed E-state index contributed by atoms with van der Waals surface area (Å²) in [4.78, 5) is 14.7. The van der Waals surface area contributed by atoms with E-state index in [1.807, 2.05) is 11.0 Å². The fourth-order valence-corrected chi connectivity index (χ4v) is 3.61. The van der Waals surface area contributed by atoms with Crippen molar-refractivity contribution in [1.82, 2.24) is 20.3 Å². The summed E-state index contributed by atoms with van der Waals surface area (Å²) >= 11 is 0. The summed E-state index contributed by atoms with van der Waals surface area (Å²) in [5.74, 6) is 0.804. The fourth-order valence-electron chi connectivity index (χ4n) is 3.61. The van der Waals surface area contributed by atoms with Crippen LogP contribution < -0.4 is 0 Å². The first kappa shape index (κ1) is 13.5. The first-order valence-electron chi connectivity index (χ1n) is 8.09. The van der Waals surface area contributed by atoms with Crippen molar-refractivity contribution in [3.05, 3.63) is 35.0 Å². The van der Waals surface area contributed by atoms with Crippen molar-refractivity contribution in [2.24, 2.45) is 0 Å². The van der Waals surface area contributed by atoms with E-state index >= 15 is 0 Å². The Hall–Kier alpha value is -2.11. The molecule has 1 fully saturated rings. The quantitative estimate of drug-likeness (QED) is 0.923. The Bertz CT molecular complexity index is 662. The third-order valence-corrected chi connectivity index (χ3v) is 4.82. The predicted octanol–water partition coefficient (Wildman–Crippen LogP) is 2.30. The van der Waals surface area contributed by atoms with Crippen LogP contribution in [-0.4, -0.2) is 39.3 Å². The van der Waals surface area contributed by atoms with Crippen molar-refractivity contribution in [2.45, 2.75) is 44.4 Å². The number of H-pyrrole nitrogens is 1. The number of likely N-dealkylation sites (tertiary alicyclic amines) is 1. The number of aromatic nitrogens is 3. The molecule has 6 nitrogen and oxygen atoms in total. The standard InChI is InChI=1S/C16H20N4O2/c21-16(15-12-5-1-2-6-14(12)19-22-15)20-9-3-4-11(10-20)13-7-8-17-18-13/h7-8,11H,1-6,9-10H2,(H,17,18). The van der Waals surface area contributed by atoms with Gasteiger partial charge in [-0.1, -0.05) is 5.16 Å². The second kappa shape index (κ2) is 5.59. The molecule has 116 valence electrons. The zero-order valence-electron chi connectivity index (χ0n) is 12.5. The molecule has 2 aromatic rings. The van der Waals surface area contributed by atoms with Gasteiger partial charge in [-0.05, 0) is 44.6 Å². The summed E-state index contributed by atoms with van der Waals surface area (Å²) in [5, 5.41) is 11.1. The minimum Gasteiger partial charge on any atom is -0.350 e. The van der Waals surface area contributed by atoms with Crippen LogP contribution in [0.1, 0.15) is 59.1 Å². The van der Waals surface area contributed by atoms with Gasteiger partial charge in [0.05, 0.1) is 5.69 Å². The van der Waals surface area contributed by atoms with Crippen molar-refractivity contribution in [2.75, 3.05) is 13.1 Å². The number of carbonyl (C=O) groups excluding carboxylic acids is 1. The van der Waals surface area contributed by atoms with Gasteiger partial charge < -0.3 is 9.42 Å². The van der Waals surface area contributed by atoms with Crippen LogP contribution in [0.3, 0.4) is 0 Å². The highest BCUT2D eigenvalue weighted by Crippen LogP contribution is 2.29. The lowest BCUT2D eigenvalue weighted by Crippen LogP contribution is -2.39. The molecule has 1 atom stereocenters. The smallest absolute Gasteiger partial charge is 0.292 e. The van der Waals surface area contributed by atoms with E-state index in [0.717, 1.165) is 68.6 Å². The van der Waals surface area contributed by atoms with Crippen LogP contribution in [0.5, 0.6) is 0 Å². The molecule has 0 bridgehead atoms. The van der Waals surface area contributed by atoms with E-state index in [1.54, 1.807) is 6.20 Å². The maximum absolute atomic E-state index is 12.8. The second-order valence-corrected chi connectivity index (χ2v) is 6.25. The van der Waals surface area contributed by atoms with Crippen molar-refractivity contribution in [3.8, 4) is 0 Å². The van der Waals surface area contributed by atoms with Gasteiger partial charge >= 0.3 is 0 Å². The van der Waals surface area contributed by atoms with Gasteiger partial charge in [-0.2, -0.15) is 5.10 Å². The molecule has 22 heavy (non-hydrogen) atoms. The van der Waals surface area contributed by atoms with Crippen LogP contribution in [0, 0.1) is 0 Å². The van der Waals surface area contributed by atoms with Crippen LogP contribution >= 0.6 is 0 Å². The molecule has 1 unspecified atom stereocenters. The van der Waals surface area contributed by atoms with Crippen molar-refractivity contribution in [3.63, 3.8) is 0 Å². The number of nitrogens with one attached hydrogen (secondary N) is 1. The van der Waals surface area contributed by atoms with Gasteiger partial charge in [0.25, 0.3) is 5.91 Å². The Morgan fingerprint density at radius 1 is 1.32 bits per heavy atom. The van der Waals surface area contributed by atoms with Gasteiger partial charge in [0.2, 0.25) is 5.76 Å². The Labute approximate surface area is 128 Å². The molecule has 0 aromatic carbocycles. The molecular weight excluding hydrogens is 280 g/mol. The van der Waals surface area contributed by atoms with Crippen LogP contribution in [0.15, 0.2) is 16.8 Å². The molecule has 0 saturated carbocycles. The van der Waals surface area contributed by atoms with Gasteiger partial charge in [-0.3, -0.25) is 9.89 Å². The maximum Gasteiger partial charge on any atom is 0.292 e. The number of aromatic amines is 1. The minimum atomic E-state index is -0.000125. The predicted molar refractivity (Wildman–Crippen MR) is 79.6 cm³/mol. The summed E-state index contributed by atoms with van der Waals surface area (Å²) in [7, 11) is 0. The van der Waals surface area contributed by atoms with Gasteiger partial charge in [-0.25, -0.2) is 0 Å². The molecule has 0 radical (unpaired) electrons. The lowest BCUT2D eigenvalue weighted by atomic mass is 9.93. The summed E-state index contributed by atoms with van der Waals surface area (Å²) in [6.07, 6.45) is 7.96. The van der Waals surface area contributed by atoms with Gasteiger partial charge in [0.15, 0.2) is 0 Å². The van der Waals surface area contributed by atoms with Crippen LogP contribution in [0.25, 0.3) is 0 Å². The molecule has 0 spiro atoms. The van der Waals surface area contributed by atoms with Gasteiger partial charge in [0.1, 0.15) is 0 Å². The number of hydrogen-bond acceptors (Lipinski definition) is 4. The first-order valence-corrected chi connectivity index (χ1v) is 8.09. The normalized spacial score (nSPS) is 21.6. The highest BCUT2D eigenvalue weighted by Gasteiger charge is 2.31.